The molecule has 1 N–H and O–H groups in total. The summed E-state index contributed by atoms with van der Waals surface area (Å²) in [5, 5.41) is 11.2. The minimum atomic E-state index is -0.359. The van der Waals surface area contributed by atoms with Gasteiger partial charge in [-0.15, -0.1) is 11.8 Å². The molecule has 6 nitrogen and oxygen atoms in total. The van der Waals surface area contributed by atoms with E-state index in [2.05, 4.69) is 9.97 Å². The van der Waals surface area contributed by atoms with Crippen molar-refractivity contribution in [3.05, 3.63) is 96.9 Å². The largest absolute Gasteiger partial charge is 0.426 e. The van der Waals surface area contributed by atoms with E-state index in [-0.39, 0.29) is 11.8 Å². The Morgan fingerprint density at radius 1 is 0.853 bits per heavy atom. The molecule has 0 aliphatic carbocycles. The molecule has 0 saturated carbocycles. The first-order valence-corrected chi connectivity index (χ1v) is 11.6. The first kappa shape index (κ1) is 21.7. The molecule has 5 aromatic rings. The van der Waals surface area contributed by atoms with Crippen LogP contribution in [-0.2, 0) is 0 Å². The summed E-state index contributed by atoms with van der Waals surface area (Å²) in [6.07, 6.45) is 3.55. The number of benzene rings is 3. The van der Waals surface area contributed by atoms with Crippen LogP contribution in [0.2, 0.25) is 0 Å². The van der Waals surface area contributed by atoms with Crippen LogP contribution in [0.5, 0.6) is 11.8 Å². The van der Waals surface area contributed by atoms with Crippen LogP contribution in [0.4, 0.5) is 4.39 Å². The predicted molar refractivity (Wildman–Crippen MR) is 130 cm³/mol. The third kappa shape index (κ3) is 4.35. The van der Waals surface area contributed by atoms with E-state index in [1.54, 1.807) is 48.3 Å². The summed E-state index contributed by atoms with van der Waals surface area (Å²) in [5.74, 6) is 0.568. The Balaban J connectivity index is 1.64. The highest BCUT2D eigenvalue weighted by Crippen LogP contribution is 2.35. The van der Waals surface area contributed by atoms with Crippen molar-refractivity contribution >= 4 is 11.8 Å². The molecule has 3 aromatic carbocycles. The predicted octanol–water partition coefficient (Wildman–Crippen LogP) is 6.56. The van der Waals surface area contributed by atoms with Crippen molar-refractivity contribution in [3.63, 3.8) is 0 Å². The normalized spacial score (nSPS) is 10.9. The Kier molecular flexibility index (Phi) is 5.97. The number of rotatable bonds is 6. The second-order valence-electron chi connectivity index (χ2n) is 7.32. The van der Waals surface area contributed by atoms with Crippen molar-refractivity contribution in [3.8, 4) is 45.8 Å². The van der Waals surface area contributed by atoms with Gasteiger partial charge < -0.3 is 9.94 Å². The molecular weight excluding hydrogens is 451 g/mol. The summed E-state index contributed by atoms with van der Waals surface area (Å²) in [6.45, 7) is 0. The van der Waals surface area contributed by atoms with Gasteiger partial charge in [-0.3, -0.25) is 0 Å². The molecule has 2 aromatic heterocycles. The van der Waals surface area contributed by atoms with Crippen molar-refractivity contribution < 1.29 is 14.3 Å². The van der Waals surface area contributed by atoms with Gasteiger partial charge in [0, 0.05) is 22.2 Å². The van der Waals surface area contributed by atoms with Crippen molar-refractivity contribution in [1.82, 2.24) is 19.7 Å². The van der Waals surface area contributed by atoms with E-state index in [0.717, 1.165) is 15.2 Å². The highest BCUT2D eigenvalue weighted by molar-refractivity contribution is 7.98. The molecule has 0 unspecified atom stereocenters. The van der Waals surface area contributed by atoms with Crippen LogP contribution in [0.15, 0.2) is 96.0 Å². The van der Waals surface area contributed by atoms with Gasteiger partial charge in [0.25, 0.3) is 0 Å². The Bertz CT molecular complexity index is 1420. The van der Waals surface area contributed by atoms with Crippen LogP contribution < -0.4 is 4.74 Å². The molecule has 0 spiro atoms. The lowest BCUT2D eigenvalue weighted by molar-refractivity contribution is 0.195. The minimum Gasteiger partial charge on any atom is -0.426 e. The van der Waals surface area contributed by atoms with Crippen LogP contribution in [-0.4, -0.2) is 31.1 Å². The Labute approximate surface area is 199 Å². The first-order chi connectivity index (χ1) is 16.6. The molecule has 0 atom stereocenters. The van der Waals surface area contributed by atoms with Gasteiger partial charge >= 0.3 is 6.01 Å². The fourth-order valence-corrected chi connectivity index (χ4v) is 3.90. The Hall–Kier alpha value is -4.17. The average Bonchev–Trinajstić information content (AvgIpc) is 3.22. The van der Waals surface area contributed by atoms with E-state index in [9.17, 15) is 9.60 Å². The van der Waals surface area contributed by atoms with Crippen molar-refractivity contribution in [2.45, 2.75) is 4.90 Å². The van der Waals surface area contributed by atoms with Crippen LogP contribution in [0.25, 0.3) is 34.0 Å². The first-order valence-electron chi connectivity index (χ1n) is 10.4. The number of hydrogen-bond donors (Lipinski definition) is 1. The second-order valence-corrected chi connectivity index (χ2v) is 8.20. The summed E-state index contributed by atoms with van der Waals surface area (Å²) in [4.78, 5) is 14.5. The van der Waals surface area contributed by atoms with Crippen LogP contribution in [0.1, 0.15) is 0 Å². The summed E-state index contributed by atoms with van der Waals surface area (Å²) >= 11 is 1.63. The zero-order valence-electron chi connectivity index (χ0n) is 18.1. The highest BCUT2D eigenvalue weighted by Gasteiger charge is 2.23. The SMILES string of the molecule is CSc1ccc(-c2nc(-c3ccc(F)cc3)c(-c3ccnc(Oc4ccccc4)n3)n2O)cc1. The maximum absolute atomic E-state index is 13.6. The maximum Gasteiger partial charge on any atom is 0.322 e. The molecule has 0 bridgehead atoms. The molecular formula is C26H19FN4O2S. The van der Waals surface area contributed by atoms with Crippen molar-refractivity contribution in [1.29, 1.82) is 0 Å². The molecule has 168 valence electrons. The zero-order valence-corrected chi connectivity index (χ0v) is 18.9. The molecule has 0 saturated heterocycles. The number of nitrogens with zero attached hydrogens (tertiary/aromatic N) is 4. The third-order valence-electron chi connectivity index (χ3n) is 5.15. The fourth-order valence-electron chi connectivity index (χ4n) is 3.49. The van der Waals surface area contributed by atoms with Crippen molar-refractivity contribution in [2.24, 2.45) is 0 Å². The number of thioether (sulfide) groups is 1. The van der Waals surface area contributed by atoms with Gasteiger partial charge in [-0.05, 0) is 60.9 Å². The van der Waals surface area contributed by atoms with Gasteiger partial charge in [0.15, 0.2) is 5.82 Å². The molecule has 0 amide bonds. The molecule has 0 aliphatic rings. The smallest absolute Gasteiger partial charge is 0.322 e. The molecule has 34 heavy (non-hydrogen) atoms. The van der Waals surface area contributed by atoms with Gasteiger partial charge in [0.2, 0.25) is 0 Å². The Morgan fingerprint density at radius 3 is 2.26 bits per heavy atom. The van der Waals surface area contributed by atoms with Crippen LogP contribution >= 0.6 is 11.8 Å². The lowest BCUT2D eigenvalue weighted by atomic mass is 10.1. The van der Waals surface area contributed by atoms with Gasteiger partial charge in [0.05, 0.1) is 5.69 Å². The number of aromatic nitrogens is 4. The minimum absolute atomic E-state index is 0.126. The molecule has 5 rings (SSSR count). The number of para-hydroxylation sites is 1. The van der Waals surface area contributed by atoms with E-state index in [0.29, 0.717) is 34.2 Å². The van der Waals surface area contributed by atoms with Gasteiger partial charge in [-0.25, -0.2) is 14.4 Å². The van der Waals surface area contributed by atoms with Gasteiger partial charge in [-0.2, -0.15) is 9.71 Å². The Morgan fingerprint density at radius 2 is 1.56 bits per heavy atom. The number of hydrogen-bond acceptors (Lipinski definition) is 6. The van der Waals surface area contributed by atoms with Gasteiger partial charge in [0.1, 0.15) is 23.0 Å². The van der Waals surface area contributed by atoms with Crippen molar-refractivity contribution in [2.75, 3.05) is 6.26 Å². The summed E-state index contributed by atoms with van der Waals surface area (Å²) < 4.78 is 20.4. The lowest BCUT2D eigenvalue weighted by Crippen LogP contribution is -2.00. The zero-order chi connectivity index (χ0) is 23.5. The lowest BCUT2D eigenvalue weighted by Gasteiger charge is -2.08. The number of halogens is 1. The van der Waals surface area contributed by atoms with E-state index >= 15 is 0 Å². The maximum atomic E-state index is 13.6. The van der Waals surface area contributed by atoms with Crippen LogP contribution in [0, 0.1) is 5.82 Å². The molecule has 2 heterocycles. The highest BCUT2D eigenvalue weighted by atomic mass is 32.2. The quantitative estimate of drug-likeness (QED) is 0.224. The van der Waals surface area contributed by atoms with E-state index in [4.69, 9.17) is 9.72 Å². The van der Waals surface area contributed by atoms with E-state index in [1.165, 1.54) is 12.1 Å². The molecule has 8 heteroatoms. The topological polar surface area (TPSA) is 73.1 Å². The average molecular weight is 471 g/mol. The summed E-state index contributed by atoms with van der Waals surface area (Å²) in [5.41, 5.74) is 2.56. The second kappa shape index (κ2) is 9.36. The van der Waals surface area contributed by atoms with Gasteiger partial charge in [-0.1, -0.05) is 30.3 Å². The van der Waals surface area contributed by atoms with Crippen LogP contribution in [0.3, 0.4) is 0 Å². The molecule has 0 fully saturated rings. The standard InChI is InChI=1S/C26H19FN4O2S/c1-34-21-13-9-18(10-14-21)25-30-23(17-7-11-19(27)12-8-17)24(31(25)32)22-15-16-28-26(29-22)33-20-5-3-2-4-6-20/h2-16,32H,1H3. The number of imidazole rings is 1. The summed E-state index contributed by atoms with van der Waals surface area (Å²) in [7, 11) is 0. The van der Waals surface area contributed by atoms with E-state index < -0.39 is 0 Å². The van der Waals surface area contributed by atoms with E-state index in [1.807, 2.05) is 48.7 Å². The summed E-state index contributed by atoms with van der Waals surface area (Å²) in [6, 6.07) is 24.6. The third-order valence-corrected chi connectivity index (χ3v) is 5.89. The molecule has 0 radical (unpaired) electrons. The number of ether oxygens (including phenoxy) is 1. The fraction of sp³-hybridized carbons (Fsp3) is 0.0385. The molecule has 0 aliphatic heterocycles. The monoisotopic (exact) mass is 470 g/mol.